The molecule has 0 bridgehead atoms. The lowest BCUT2D eigenvalue weighted by atomic mass is 9.56. The van der Waals surface area contributed by atoms with Crippen LogP contribution >= 0.6 is 0 Å². The van der Waals surface area contributed by atoms with Gasteiger partial charge >= 0.3 is 0 Å². The minimum atomic E-state index is 0.461. The zero-order valence-electron chi connectivity index (χ0n) is 20.8. The fraction of sp³-hybridized carbons (Fsp3) is 1.00. The highest BCUT2D eigenvalue weighted by atomic mass is 16.6. The molecule has 6 nitrogen and oxygen atoms in total. The summed E-state index contributed by atoms with van der Waals surface area (Å²) >= 11 is 0. The van der Waals surface area contributed by atoms with E-state index in [-0.39, 0.29) is 0 Å². The zero-order chi connectivity index (χ0) is 22.2. The van der Waals surface area contributed by atoms with E-state index < -0.39 is 0 Å². The fourth-order valence-corrected chi connectivity index (χ4v) is 6.90. The topological polar surface area (TPSA) is 56.6 Å². The van der Waals surface area contributed by atoms with Crippen molar-refractivity contribution in [3.05, 3.63) is 0 Å². The van der Waals surface area contributed by atoms with E-state index >= 15 is 0 Å². The Labute approximate surface area is 195 Å². The summed E-state index contributed by atoms with van der Waals surface area (Å²) in [6.45, 7) is 20.5. The van der Waals surface area contributed by atoms with Gasteiger partial charge in [0.25, 0.3) is 0 Å². The van der Waals surface area contributed by atoms with Gasteiger partial charge in [-0.3, -0.25) is 9.80 Å². The smallest absolute Gasteiger partial charge is 0.0936 e. The Morgan fingerprint density at radius 2 is 0.781 bits per heavy atom. The standard InChI is InChI=1S/C26H46N2O4/c1-5-23-24(6-2)26(12-28(9-21-15-31-21)10-22-16-32-22)18(4)17(3)25(23)11-27(7-19-13-29-19)8-20-14-30-20/h17-26H,5-16H2,1-4H3. The first-order valence-corrected chi connectivity index (χ1v) is 13.5. The number of nitrogens with zero attached hydrogens (tertiary/aromatic N) is 2. The molecule has 0 aromatic rings. The van der Waals surface area contributed by atoms with Crippen LogP contribution in [0, 0.1) is 35.5 Å². The molecule has 184 valence electrons. The third-order valence-corrected chi connectivity index (χ3v) is 9.17. The number of ether oxygens (including phenoxy) is 4. The van der Waals surface area contributed by atoms with E-state index in [1.807, 2.05) is 0 Å². The van der Waals surface area contributed by atoms with Crippen molar-refractivity contribution in [3.63, 3.8) is 0 Å². The second-order valence-electron chi connectivity index (χ2n) is 11.4. The van der Waals surface area contributed by atoms with Gasteiger partial charge in [0.2, 0.25) is 0 Å². The average Bonchev–Trinajstić information content (AvgIpc) is 3.62. The van der Waals surface area contributed by atoms with E-state index in [1.54, 1.807) is 0 Å². The maximum atomic E-state index is 5.60. The Kier molecular flexibility index (Phi) is 7.47. The highest BCUT2D eigenvalue weighted by Gasteiger charge is 2.47. The molecule has 32 heavy (non-hydrogen) atoms. The van der Waals surface area contributed by atoms with Crippen LogP contribution in [0.1, 0.15) is 40.5 Å². The second kappa shape index (κ2) is 10.2. The van der Waals surface area contributed by atoms with Crippen LogP contribution in [-0.2, 0) is 18.9 Å². The number of hydrogen-bond donors (Lipinski definition) is 0. The monoisotopic (exact) mass is 450 g/mol. The van der Waals surface area contributed by atoms with Gasteiger partial charge in [-0.25, -0.2) is 0 Å². The van der Waals surface area contributed by atoms with Crippen LogP contribution in [0.4, 0.5) is 0 Å². The number of hydrogen-bond acceptors (Lipinski definition) is 6. The molecule has 0 aromatic heterocycles. The first-order chi connectivity index (χ1) is 15.6. The molecule has 5 aliphatic rings. The van der Waals surface area contributed by atoms with Gasteiger partial charge in [0, 0.05) is 39.3 Å². The lowest BCUT2D eigenvalue weighted by molar-refractivity contribution is -0.0398. The Bertz CT molecular complexity index is 525. The molecule has 10 atom stereocenters. The quantitative estimate of drug-likeness (QED) is 0.379. The molecule has 0 amide bonds. The van der Waals surface area contributed by atoms with E-state index in [0.29, 0.717) is 24.4 Å². The maximum absolute atomic E-state index is 5.60. The molecule has 1 saturated carbocycles. The summed E-state index contributed by atoms with van der Waals surface area (Å²) in [7, 11) is 0. The Hall–Kier alpha value is -0.240. The summed E-state index contributed by atoms with van der Waals surface area (Å²) < 4.78 is 22.4. The van der Waals surface area contributed by atoms with E-state index in [2.05, 4.69) is 37.5 Å². The van der Waals surface area contributed by atoms with Gasteiger partial charge in [0.1, 0.15) is 0 Å². The summed E-state index contributed by atoms with van der Waals surface area (Å²) in [5.74, 6) is 4.62. The second-order valence-corrected chi connectivity index (χ2v) is 11.4. The molecule has 10 unspecified atom stereocenters. The summed E-state index contributed by atoms with van der Waals surface area (Å²) in [4.78, 5) is 5.36. The van der Waals surface area contributed by atoms with Crippen molar-refractivity contribution in [3.8, 4) is 0 Å². The molecule has 4 saturated heterocycles. The van der Waals surface area contributed by atoms with E-state index in [9.17, 15) is 0 Å². The molecule has 1 aliphatic carbocycles. The van der Waals surface area contributed by atoms with Crippen LogP contribution in [0.2, 0.25) is 0 Å². The zero-order valence-corrected chi connectivity index (χ0v) is 20.8. The normalized spacial score (nSPS) is 44.8. The Morgan fingerprint density at radius 1 is 0.500 bits per heavy atom. The highest BCUT2D eigenvalue weighted by Crippen LogP contribution is 2.49. The van der Waals surface area contributed by atoms with Crippen molar-refractivity contribution in [1.82, 2.24) is 9.80 Å². The van der Waals surface area contributed by atoms with Crippen molar-refractivity contribution < 1.29 is 18.9 Å². The molecular weight excluding hydrogens is 404 g/mol. The first kappa shape index (κ1) is 23.5. The van der Waals surface area contributed by atoms with Crippen LogP contribution < -0.4 is 0 Å². The molecular formula is C26H46N2O4. The Morgan fingerprint density at radius 3 is 1.00 bits per heavy atom. The van der Waals surface area contributed by atoms with Crippen LogP contribution in [0.25, 0.3) is 0 Å². The van der Waals surface area contributed by atoms with Crippen molar-refractivity contribution in [2.75, 3.05) is 65.7 Å². The SMILES string of the molecule is CCC1C(CN(CC2CO2)CC2CO2)C(C)C(C)C(CN(CC2CO2)CC2CO2)C1CC. The minimum Gasteiger partial charge on any atom is -0.372 e. The van der Waals surface area contributed by atoms with Gasteiger partial charge in [-0.1, -0.05) is 40.5 Å². The van der Waals surface area contributed by atoms with E-state index in [0.717, 1.165) is 88.1 Å². The van der Waals surface area contributed by atoms with Gasteiger partial charge in [0.15, 0.2) is 0 Å². The minimum absolute atomic E-state index is 0.461. The lowest BCUT2D eigenvalue weighted by Crippen LogP contribution is -2.52. The maximum Gasteiger partial charge on any atom is 0.0936 e. The average molecular weight is 451 g/mol. The van der Waals surface area contributed by atoms with Crippen LogP contribution in [-0.4, -0.2) is 99.9 Å². The number of epoxide rings is 4. The third kappa shape index (κ3) is 6.05. The van der Waals surface area contributed by atoms with Crippen molar-refractivity contribution in [2.45, 2.75) is 65.0 Å². The van der Waals surface area contributed by atoms with Crippen LogP contribution in [0.5, 0.6) is 0 Å². The lowest BCUT2D eigenvalue weighted by Gasteiger charge is -2.52. The van der Waals surface area contributed by atoms with Gasteiger partial charge in [0.05, 0.1) is 50.8 Å². The van der Waals surface area contributed by atoms with Gasteiger partial charge in [-0.15, -0.1) is 0 Å². The highest BCUT2D eigenvalue weighted by molar-refractivity contribution is 4.97. The van der Waals surface area contributed by atoms with Crippen LogP contribution in [0.3, 0.4) is 0 Å². The molecule has 5 rings (SSSR count). The summed E-state index contributed by atoms with van der Waals surface area (Å²) in [5.41, 5.74) is 0. The first-order valence-electron chi connectivity index (χ1n) is 13.5. The Balaban J connectivity index is 1.27. The largest absolute Gasteiger partial charge is 0.372 e. The molecule has 5 fully saturated rings. The van der Waals surface area contributed by atoms with Crippen LogP contribution in [0.15, 0.2) is 0 Å². The van der Waals surface area contributed by atoms with Crippen molar-refractivity contribution in [1.29, 1.82) is 0 Å². The van der Waals surface area contributed by atoms with Crippen molar-refractivity contribution in [2.24, 2.45) is 35.5 Å². The molecule has 6 heteroatoms. The molecule has 0 spiro atoms. The predicted octanol–water partition coefficient (Wildman–Crippen LogP) is 2.76. The van der Waals surface area contributed by atoms with E-state index in [1.165, 1.54) is 25.9 Å². The molecule has 0 N–H and O–H groups in total. The molecule has 0 aromatic carbocycles. The molecule has 4 aliphatic heterocycles. The van der Waals surface area contributed by atoms with Gasteiger partial charge < -0.3 is 18.9 Å². The summed E-state index contributed by atoms with van der Waals surface area (Å²) in [5, 5.41) is 0. The summed E-state index contributed by atoms with van der Waals surface area (Å²) in [6.07, 6.45) is 4.43. The van der Waals surface area contributed by atoms with Crippen molar-refractivity contribution >= 4 is 0 Å². The van der Waals surface area contributed by atoms with Gasteiger partial charge in [-0.2, -0.15) is 0 Å². The third-order valence-electron chi connectivity index (χ3n) is 9.17. The predicted molar refractivity (Wildman–Crippen MR) is 125 cm³/mol. The molecule has 0 radical (unpaired) electrons. The van der Waals surface area contributed by atoms with E-state index in [4.69, 9.17) is 18.9 Å². The number of rotatable bonds is 14. The molecule has 4 heterocycles. The summed E-state index contributed by atoms with van der Waals surface area (Å²) in [6, 6.07) is 0. The van der Waals surface area contributed by atoms with Gasteiger partial charge in [-0.05, 0) is 35.5 Å². The fourth-order valence-electron chi connectivity index (χ4n) is 6.90.